The quantitative estimate of drug-likeness (QED) is 0.860. The SMILES string of the molecule is O=C(NC1CCCC1)c1cc(C2CCN(CC3CCCCC3)CC2)no1. The number of rotatable bonds is 5. The Morgan fingerprint density at radius 1 is 1.04 bits per heavy atom. The summed E-state index contributed by atoms with van der Waals surface area (Å²) < 4.78 is 5.36. The number of piperidine rings is 1. The Morgan fingerprint density at radius 3 is 2.46 bits per heavy atom. The first-order valence-electron chi connectivity index (χ1n) is 10.8. The van der Waals surface area contributed by atoms with Crippen LogP contribution in [0.3, 0.4) is 0 Å². The lowest BCUT2D eigenvalue weighted by molar-refractivity contribution is 0.0900. The van der Waals surface area contributed by atoms with Crippen LogP contribution in [0.25, 0.3) is 0 Å². The topological polar surface area (TPSA) is 58.4 Å². The molecule has 144 valence electrons. The Kier molecular flexibility index (Phi) is 5.93. The van der Waals surface area contributed by atoms with Crippen molar-refractivity contribution < 1.29 is 9.32 Å². The van der Waals surface area contributed by atoms with Crippen LogP contribution >= 0.6 is 0 Å². The van der Waals surface area contributed by atoms with Crippen LogP contribution in [0.1, 0.15) is 92.8 Å². The number of nitrogens with one attached hydrogen (secondary N) is 1. The fourth-order valence-corrected chi connectivity index (χ4v) is 5.06. The molecule has 2 aliphatic carbocycles. The minimum atomic E-state index is -0.0922. The van der Waals surface area contributed by atoms with Crippen LogP contribution in [0, 0.1) is 5.92 Å². The van der Waals surface area contributed by atoms with Crippen molar-refractivity contribution in [3.8, 4) is 0 Å². The molecule has 1 aliphatic heterocycles. The van der Waals surface area contributed by atoms with E-state index < -0.39 is 0 Å². The molecule has 1 amide bonds. The molecular weight excluding hydrogens is 326 g/mol. The minimum absolute atomic E-state index is 0.0922. The molecule has 5 heteroatoms. The van der Waals surface area contributed by atoms with Crippen molar-refractivity contribution in [2.75, 3.05) is 19.6 Å². The molecule has 0 unspecified atom stereocenters. The third-order valence-corrected chi connectivity index (χ3v) is 6.69. The van der Waals surface area contributed by atoms with Crippen LogP contribution in [-0.2, 0) is 0 Å². The standard InChI is InChI=1S/C21H33N3O2/c25-21(22-18-8-4-5-9-18)20-14-19(23-26-20)17-10-12-24(13-11-17)15-16-6-2-1-3-7-16/h14,16-18H,1-13,15H2,(H,22,25). The summed E-state index contributed by atoms with van der Waals surface area (Å²) in [6.07, 6.45) is 14.0. The Morgan fingerprint density at radius 2 is 1.73 bits per heavy atom. The fourth-order valence-electron chi connectivity index (χ4n) is 5.06. The second kappa shape index (κ2) is 8.55. The Labute approximate surface area is 156 Å². The van der Waals surface area contributed by atoms with Gasteiger partial charge in [0.05, 0.1) is 5.69 Å². The lowest BCUT2D eigenvalue weighted by Gasteiger charge is -2.34. The third-order valence-electron chi connectivity index (χ3n) is 6.69. The maximum absolute atomic E-state index is 12.3. The van der Waals surface area contributed by atoms with Gasteiger partial charge in [-0.1, -0.05) is 37.3 Å². The first-order valence-corrected chi connectivity index (χ1v) is 10.8. The zero-order chi connectivity index (χ0) is 17.8. The van der Waals surface area contributed by atoms with E-state index in [-0.39, 0.29) is 5.91 Å². The molecule has 0 spiro atoms. The normalized spacial score (nSPS) is 24.2. The van der Waals surface area contributed by atoms with Gasteiger partial charge in [-0.25, -0.2) is 0 Å². The summed E-state index contributed by atoms with van der Waals surface area (Å²) in [6, 6.07) is 2.20. The second-order valence-corrected chi connectivity index (χ2v) is 8.65. The molecule has 0 atom stereocenters. The maximum atomic E-state index is 12.3. The Balaban J connectivity index is 1.25. The van der Waals surface area contributed by atoms with E-state index in [9.17, 15) is 4.79 Å². The highest BCUT2D eigenvalue weighted by Crippen LogP contribution is 2.30. The highest BCUT2D eigenvalue weighted by Gasteiger charge is 2.27. The van der Waals surface area contributed by atoms with Gasteiger partial charge in [0, 0.05) is 24.6 Å². The molecule has 0 aromatic carbocycles. The number of carbonyl (C=O) groups excluding carboxylic acids is 1. The number of carbonyl (C=O) groups is 1. The molecule has 1 aromatic rings. The van der Waals surface area contributed by atoms with Crippen molar-refractivity contribution in [3.05, 3.63) is 17.5 Å². The average molecular weight is 360 g/mol. The molecule has 2 saturated carbocycles. The van der Waals surface area contributed by atoms with Crippen LogP contribution in [-0.4, -0.2) is 41.6 Å². The second-order valence-electron chi connectivity index (χ2n) is 8.65. The molecule has 0 bridgehead atoms. The lowest BCUT2D eigenvalue weighted by Crippen LogP contribution is -2.37. The number of likely N-dealkylation sites (tertiary alicyclic amines) is 1. The summed E-state index contributed by atoms with van der Waals surface area (Å²) >= 11 is 0. The molecule has 0 radical (unpaired) electrons. The van der Waals surface area contributed by atoms with Gasteiger partial charge in [0.15, 0.2) is 0 Å². The molecule has 2 heterocycles. The van der Waals surface area contributed by atoms with Gasteiger partial charge in [0.25, 0.3) is 5.91 Å². The van der Waals surface area contributed by atoms with Gasteiger partial charge < -0.3 is 14.7 Å². The number of amides is 1. The molecule has 3 fully saturated rings. The Bertz CT molecular complexity index is 580. The predicted molar refractivity (Wildman–Crippen MR) is 101 cm³/mol. The number of aromatic nitrogens is 1. The van der Waals surface area contributed by atoms with E-state index in [0.717, 1.165) is 50.4 Å². The summed E-state index contributed by atoms with van der Waals surface area (Å²) in [5.41, 5.74) is 0.971. The highest BCUT2D eigenvalue weighted by molar-refractivity contribution is 5.91. The van der Waals surface area contributed by atoms with Crippen molar-refractivity contribution in [1.82, 2.24) is 15.4 Å². The Hall–Kier alpha value is -1.36. The van der Waals surface area contributed by atoms with Gasteiger partial charge in [0.2, 0.25) is 5.76 Å². The van der Waals surface area contributed by atoms with Crippen molar-refractivity contribution in [2.24, 2.45) is 5.92 Å². The van der Waals surface area contributed by atoms with Crippen LogP contribution in [0.2, 0.25) is 0 Å². The van der Waals surface area contributed by atoms with Crippen molar-refractivity contribution >= 4 is 5.91 Å². The summed E-state index contributed by atoms with van der Waals surface area (Å²) in [6.45, 7) is 3.58. The molecule has 26 heavy (non-hydrogen) atoms. The van der Waals surface area contributed by atoms with Crippen LogP contribution in [0.4, 0.5) is 0 Å². The van der Waals surface area contributed by atoms with Gasteiger partial charge in [-0.05, 0) is 57.5 Å². The van der Waals surface area contributed by atoms with Crippen LogP contribution < -0.4 is 5.32 Å². The minimum Gasteiger partial charge on any atom is -0.351 e. The monoisotopic (exact) mass is 359 g/mol. The molecule has 1 aromatic heterocycles. The summed E-state index contributed by atoms with van der Waals surface area (Å²) in [4.78, 5) is 15.0. The van der Waals surface area contributed by atoms with E-state index in [2.05, 4.69) is 15.4 Å². The fraction of sp³-hybridized carbons (Fsp3) is 0.810. The van der Waals surface area contributed by atoms with Crippen molar-refractivity contribution in [3.63, 3.8) is 0 Å². The van der Waals surface area contributed by atoms with E-state index >= 15 is 0 Å². The summed E-state index contributed by atoms with van der Waals surface area (Å²) in [5.74, 6) is 1.65. The van der Waals surface area contributed by atoms with Crippen LogP contribution in [0.5, 0.6) is 0 Å². The zero-order valence-corrected chi connectivity index (χ0v) is 15.9. The molecule has 1 N–H and O–H groups in total. The summed E-state index contributed by atoms with van der Waals surface area (Å²) in [7, 11) is 0. The number of nitrogens with zero attached hydrogens (tertiary/aromatic N) is 2. The highest BCUT2D eigenvalue weighted by atomic mass is 16.5. The first kappa shape index (κ1) is 18.0. The number of hydrogen-bond acceptors (Lipinski definition) is 4. The molecule has 4 rings (SSSR count). The van der Waals surface area contributed by atoms with E-state index in [1.165, 1.54) is 51.5 Å². The zero-order valence-electron chi connectivity index (χ0n) is 15.9. The summed E-state index contributed by atoms with van der Waals surface area (Å²) in [5, 5.41) is 7.30. The molecule has 1 saturated heterocycles. The van der Waals surface area contributed by atoms with Crippen LogP contribution in [0.15, 0.2) is 10.6 Å². The predicted octanol–water partition coefficient (Wildman–Crippen LogP) is 4.11. The number of hydrogen-bond donors (Lipinski definition) is 1. The van der Waals surface area contributed by atoms with Gasteiger partial charge in [-0.2, -0.15) is 0 Å². The smallest absolute Gasteiger partial charge is 0.290 e. The van der Waals surface area contributed by atoms with Gasteiger partial charge in [0.1, 0.15) is 0 Å². The first-order chi connectivity index (χ1) is 12.8. The average Bonchev–Trinajstić information content (AvgIpc) is 3.35. The molecule has 3 aliphatic rings. The molecular formula is C21H33N3O2. The third kappa shape index (κ3) is 4.48. The van der Waals surface area contributed by atoms with E-state index in [0.29, 0.717) is 17.7 Å². The van der Waals surface area contributed by atoms with E-state index in [1.54, 1.807) is 0 Å². The van der Waals surface area contributed by atoms with E-state index in [1.807, 2.05) is 6.07 Å². The van der Waals surface area contributed by atoms with Gasteiger partial charge >= 0.3 is 0 Å². The van der Waals surface area contributed by atoms with Gasteiger partial charge in [-0.15, -0.1) is 0 Å². The molecule has 5 nitrogen and oxygen atoms in total. The van der Waals surface area contributed by atoms with Crippen molar-refractivity contribution in [2.45, 2.75) is 82.6 Å². The largest absolute Gasteiger partial charge is 0.351 e. The van der Waals surface area contributed by atoms with E-state index in [4.69, 9.17) is 4.52 Å². The lowest BCUT2D eigenvalue weighted by atomic mass is 9.87. The maximum Gasteiger partial charge on any atom is 0.290 e. The van der Waals surface area contributed by atoms with Crippen molar-refractivity contribution in [1.29, 1.82) is 0 Å². The van der Waals surface area contributed by atoms with Gasteiger partial charge in [-0.3, -0.25) is 4.79 Å².